The van der Waals surface area contributed by atoms with Gasteiger partial charge in [0.2, 0.25) is 0 Å². The summed E-state index contributed by atoms with van der Waals surface area (Å²) >= 11 is 0. The molecule has 0 saturated carbocycles. The molecule has 102 valence electrons. The molecule has 0 radical (unpaired) electrons. The Bertz CT molecular complexity index is 374. The van der Waals surface area contributed by atoms with E-state index in [9.17, 15) is 0 Å². The first-order chi connectivity index (χ1) is 8.67. The van der Waals surface area contributed by atoms with Crippen molar-refractivity contribution in [2.75, 3.05) is 6.54 Å². The number of nitrogens with zero attached hydrogens (tertiary/aromatic N) is 1. The number of hydrogen-bond donors (Lipinski definition) is 1. The van der Waals surface area contributed by atoms with E-state index in [1.807, 2.05) is 13.0 Å². The Balaban J connectivity index is 2.25. The number of furan rings is 1. The van der Waals surface area contributed by atoms with Gasteiger partial charge < -0.3 is 10.2 Å². The highest BCUT2D eigenvalue weighted by molar-refractivity contribution is 5.13. The highest BCUT2D eigenvalue weighted by Crippen LogP contribution is 2.34. The highest BCUT2D eigenvalue weighted by atomic mass is 16.3. The summed E-state index contributed by atoms with van der Waals surface area (Å²) in [5.74, 6) is 2.02. The van der Waals surface area contributed by atoms with E-state index >= 15 is 0 Å². The quantitative estimate of drug-likeness (QED) is 0.872. The third-order valence-corrected chi connectivity index (χ3v) is 4.18. The standard InChI is InChI=1S/C15H26N2O/c1-4-12-7-6-10-17(12)15(13(16)5-2)14-9-8-11(3)18-14/h8-9,12-13,15H,4-7,10,16H2,1-3H3. The van der Waals surface area contributed by atoms with Crippen molar-refractivity contribution in [2.45, 2.75) is 64.6 Å². The Morgan fingerprint density at radius 1 is 1.44 bits per heavy atom. The molecule has 2 heterocycles. The normalized spacial score (nSPS) is 24.3. The molecule has 0 amide bonds. The summed E-state index contributed by atoms with van der Waals surface area (Å²) < 4.78 is 5.85. The molecule has 3 atom stereocenters. The van der Waals surface area contributed by atoms with E-state index in [1.165, 1.54) is 19.3 Å². The summed E-state index contributed by atoms with van der Waals surface area (Å²) in [6.45, 7) is 7.57. The fraction of sp³-hybridized carbons (Fsp3) is 0.733. The maximum atomic E-state index is 6.35. The second-order valence-corrected chi connectivity index (χ2v) is 5.41. The van der Waals surface area contributed by atoms with Crippen molar-refractivity contribution in [2.24, 2.45) is 5.73 Å². The number of aryl methyl sites for hydroxylation is 1. The Labute approximate surface area is 110 Å². The molecule has 3 unspecified atom stereocenters. The van der Waals surface area contributed by atoms with Crippen LogP contribution < -0.4 is 5.73 Å². The topological polar surface area (TPSA) is 42.4 Å². The lowest BCUT2D eigenvalue weighted by atomic mass is 10.0. The number of hydrogen-bond acceptors (Lipinski definition) is 3. The van der Waals surface area contributed by atoms with Crippen molar-refractivity contribution < 1.29 is 4.42 Å². The fourth-order valence-electron chi connectivity index (χ4n) is 3.12. The van der Waals surface area contributed by atoms with Gasteiger partial charge in [-0.25, -0.2) is 0 Å². The molecule has 0 bridgehead atoms. The van der Waals surface area contributed by atoms with Crippen molar-refractivity contribution in [1.82, 2.24) is 4.90 Å². The molecule has 1 aromatic heterocycles. The zero-order chi connectivity index (χ0) is 13.1. The predicted molar refractivity (Wildman–Crippen MR) is 74.5 cm³/mol. The summed E-state index contributed by atoms with van der Waals surface area (Å²) in [7, 11) is 0. The van der Waals surface area contributed by atoms with Crippen LogP contribution in [0.1, 0.15) is 57.1 Å². The molecule has 1 saturated heterocycles. The maximum absolute atomic E-state index is 6.35. The summed E-state index contributed by atoms with van der Waals surface area (Å²) in [6.07, 6.45) is 4.76. The average Bonchev–Trinajstić information content (AvgIpc) is 2.99. The summed E-state index contributed by atoms with van der Waals surface area (Å²) in [4.78, 5) is 2.56. The van der Waals surface area contributed by atoms with Crippen LogP contribution in [0.3, 0.4) is 0 Å². The van der Waals surface area contributed by atoms with Crippen molar-refractivity contribution in [3.05, 3.63) is 23.7 Å². The Hall–Kier alpha value is -0.800. The van der Waals surface area contributed by atoms with Crippen LogP contribution in [-0.2, 0) is 0 Å². The van der Waals surface area contributed by atoms with Gasteiger partial charge >= 0.3 is 0 Å². The van der Waals surface area contributed by atoms with Crippen LogP contribution in [0.2, 0.25) is 0 Å². The zero-order valence-electron chi connectivity index (χ0n) is 11.9. The minimum Gasteiger partial charge on any atom is -0.465 e. The van der Waals surface area contributed by atoms with Crippen LogP contribution in [0.25, 0.3) is 0 Å². The molecule has 18 heavy (non-hydrogen) atoms. The third-order valence-electron chi connectivity index (χ3n) is 4.18. The van der Waals surface area contributed by atoms with Gasteiger partial charge in [0.1, 0.15) is 11.5 Å². The molecular formula is C15H26N2O. The number of nitrogens with two attached hydrogens (primary N) is 1. The molecule has 0 aromatic carbocycles. The van der Waals surface area contributed by atoms with E-state index in [-0.39, 0.29) is 12.1 Å². The van der Waals surface area contributed by atoms with Gasteiger partial charge in [-0.3, -0.25) is 4.90 Å². The molecule has 3 heteroatoms. The number of rotatable bonds is 5. The SMILES string of the molecule is CCC(N)C(c1ccc(C)o1)N1CCCC1CC. The Morgan fingerprint density at radius 3 is 2.78 bits per heavy atom. The van der Waals surface area contributed by atoms with Crippen molar-refractivity contribution in [3.63, 3.8) is 0 Å². The zero-order valence-corrected chi connectivity index (χ0v) is 11.9. The lowest BCUT2D eigenvalue weighted by Gasteiger charge is -2.34. The van der Waals surface area contributed by atoms with E-state index in [4.69, 9.17) is 10.2 Å². The highest BCUT2D eigenvalue weighted by Gasteiger charge is 2.35. The predicted octanol–water partition coefficient (Wildman–Crippen LogP) is 3.24. The molecule has 3 nitrogen and oxygen atoms in total. The van der Waals surface area contributed by atoms with Gasteiger partial charge in [-0.2, -0.15) is 0 Å². The first kappa shape index (κ1) is 13.6. The molecule has 1 aromatic rings. The largest absolute Gasteiger partial charge is 0.465 e. The molecular weight excluding hydrogens is 224 g/mol. The molecule has 1 aliphatic heterocycles. The van der Waals surface area contributed by atoms with Gasteiger partial charge in [0.15, 0.2) is 0 Å². The van der Waals surface area contributed by atoms with Gasteiger partial charge in [0.05, 0.1) is 6.04 Å². The van der Waals surface area contributed by atoms with Crippen LogP contribution in [-0.4, -0.2) is 23.5 Å². The molecule has 2 N–H and O–H groups in total. The monoisotopic (exact) mass is 250 g/mol. The van der Waals surface area contributed by atoms with E-state index in [0.717, 1.165) is 24.5 Å². The number of likely N-dealkylation sites (tertiary alicyclic amines) is 1. The van der Waals surface area contributed by atoms with Crippen LogP contribution in [0.15, 0.2) is 16.5 Å². The first-order valence-corrected chi connectivity index (χ1v) is 7.25. The van der Waals surface area contributed by atoms with Crippen LogP contribution in [0.4, 0.5) is 0 Å². The van der Waals surface area contributed by atoms with Gasteiger partial charge in [0, 0.05) is 12.1 Å². The Morgan fingerprint density at radius 2 is 2.22 bits per heavy atom. The Kier molecular flexibility index (Phi) is 4.46. The van der Waals surface area contributed by atoms with Crippen LogP contribution >= 0.6 is 0 Å². The van der Waals surface area contributed by atoms with E-state index in [1.54, 1.807) is 0 Å². The van der Waals surface area contributed by atoms with Crippen molar-refractivity contribution in [1.29, 1.82) is 0 Å². The molecule has 2 rings (SSSR count). The second-order valence-electron chi connectivity index (χ2n) is 5.41. The van der Waals surface area contributed by atoms with Crippen LogP contribution in [0.5, 0.6) is 0 Å². The van der Waals surface area contributed by atoms with Crippen LogP contribution in [0, 0.1) is 6.92 Å². The van der Waals surface area contributed by atoms with E-state index < -0.39 is 0 Å². The van der Waals surface area contributed by atoms with Crippen molar-refractivity contribution >= 4 is 0 Å². The van der Waals surface area contributed by atoms with Crippen molar-refractivity contribution in [3.8, 4) is 0 Å². The van der Waals surface area contributed by atoms with Gasteiger partial charge in [0.25, 0.3) is 0 Å². The van der Waals surface area contributed by atoms with Gasteiger partial charge in [-0.15, -0.1) is 0 Å². The van der Waals surface area contributed by atoms with Gasteiger partial charge in [-0.1, -0.05) is 13.8 Å². The summed E-state index contributed by atoms with van der Waals surface area (Å²) in [5, 5.41) is 0. The lowest BCUT2D eigenvalue weighted by Crippen LogP contribution is -2.43. The lowest BCUT2D eigenvalue weighted by molar-refractivity contribution is 0.130. The smallest absolute Gasteiger partial charge is 0.122 e. The third kappa shape index (κ3) is 2.62. The van der Waals surface area contributed by atoms with Gasteiger partial charge in [-0.05, 0) is 51.3 Å². The minimum atomic E-state index is 0.155. The molecule has 0 spiro atoms. The maximum Gasteiger partial charge on any atom is 0.122 e. The molecule has 0 aliphatic carbocycles. The molecule has 1 fully saturated rings. The fourth-order valence-corrected chi connectivity index (χ4v) is 3.12. The second kappa shape index (κ2) is 5.89. The minimum absolute atomic E-state index is 0.155. The van der Waals surface area contributed by atoms with E-state index in [0.29, 0.717) is 6.04 Å². The summed E-state index contributed by atoms with van der Waals surface area (Å²) in [5.41, 5.74) is 6.35. The average molecular weight is 250 g/mol. The molecule has 1 aliphatic rings. The first-order valence-electron chi connectivity index (χ1n) is 7.25. The summed E-state index contributed by atoms with van der Waals surface area (Å²) in [6, 6.07) is 5.21. The van der Waals surface area contributed by atoms with E-state index in [2.05, 4.69) is 24.8 Å².